The fraction of sp³-hybridized carbons (Fsp3) is 0.909. The van der Waals surface area contributed by atoms with Gasteiger partial charge in [0.25, 0.3) is 0 Å². The van der Waals surface area contributed by atoms with Crippen LogP contribution in [0.4, 0.5) is 0 Å². The zero-order valence-corrected chi connectivity index (χ0v) is 10.5. The third-order valence-corrected chi connectivity index (χ3v) is 2.35. The van der Waals surface area contributed by atoms with Crippen LogP contribution in [0.15, 0.2) is 0 Å². The van der Waals surface area contributed by atoms with Gasteiger partial charge in [-0.3, -0.25) is 0 Å². The Balaban J connectivity index is 3.18. The minimum atomic E-state index is 0.790. The topological polar surface area (TPSA) is 24.1 Å². The molecule has 0 aliphatic carbocycles. The van der Waals surface area contributed by atoms with Gasteiger partial charge in [-0.05, 0) is 37.4 Å². The van der Waals surface area contributed by atoms with E-state index < -0.39 is 0 Å². The molecule has 0 heterocycles. The van der Waals surface area contributed by atoms with Crippen molar-refractivity contribution < 1.29 is 0 Å². The monoisotopic (exact) mass is 216 g/mol. The molecule has 0 amide bonds. The third-order valence-electron chi connectivity index (χ3n) is 2.06. The van der Waals surface area contributed by atoms with E-state index in [9.17, 15) is 0 Å². The maximum Gasteiger partial charge on any atom is 0.166 e. The summed E-state index contributed by atoms with van der Waals surface area (Å²) in [4.78, 5) is 0. The first-order valence-electron chi connectivity index (χ1n) is 5.68. The Morgan fingerprint density at radius 1 is 1.14 bits per heavy atom. The van der Waals surface area contributed by atoms with Gasteiger partial charge < -0.3 is 10.6 Å². The van der Waals surface area contributed by atoms with Crippen LogP contribution < -0.4 is 10.6 Å². The lowest BCUT2D eigenvalue weighted by Gasteiger charge is -2.10. The first-order valence-corrected chi connectivity index (χ1v) is 6.09. The van der Waals surface area contributed by atoms with Crippen molar-refractivity contribution in [3.05, 3.63) is 0 Å². The maximum absolute atomic E-state index is 5.12. The summed E-state index contributed by atoms with van der Waals surface area (Å²) >= 11 is 5.12. The van der Waals surface area contributed by atoms with E-state index in [1.807, 2.05) is 0 Å². The molecule has 0 rings (SSSR count). The predicted octanol–water partition coefficient (Wildman–Crippen LogP) is 2.69. The standard InChI is InChI=1S/C11H24N2S/c1-4-5-8-12-11(14)13-9-6-7-10(2)3/h10H,4-9H2,1-3H3,(H2,12,13,14). The maximum atomic E-state index is 5.12. The van der Waals surface area contributed by atoms with Crippen molar-refractivity contribution in [2.75, 3.05) is 13.1 Å². The Bertz CT molecular complexity index is 146. The van der Waals surface area contributed by atoms with Crippen LogP contribution in [0.25, 0.3) is 0 Å². The minimum Gasteiger partial charge on any atom is -0.363 e. The SMILES string of the molecule is CCCCNC(=S)NCCCC(C)C. The molecule has 0 spiro atoms. The molecule has 0 unspecified atom stereocenters. The van der Waals surface area contributed by atoms with E-state index in [0.717, 1.165) is 24.1 Å². The highest BCUT2D eigenvalue weighted by molar-refractivity contribution is 7.80. The number of thiocarbonyl (C=S) groups is 1. The molecule has 0 fully saturated rings. The van der Waals surface area contributed by atoms with E-state index in [0.29, 0.717) is 0 Å². The molecule has 0 atom stereocenters. The summed E-state index contributed by atoms with van der Waals surface area (Å²) in [6, 6.07) is 0. The number of hydrogen-bond donors (Lipinski definition) is 2. The average molecular weight is 216 g/mol. The second kappa shape index (κ2) is 9.25. The smallest absolute Gasteiger partial charge is 0.166 e. The molecule has 14 heavy (non-hydrogen) atoms. The summed E-state index contributed by atoms with van der Waals surface area (Å²) in [6.07, 6.45) is 4.87. The lowest BCUT2D eigenvalue weighted by atomic mass is 10.1. The largest absolute Gasteiger partial charge is 0.363 e. The predicted molar refractivity (Wildman–Crippen MR) is 67.6 cm³/mol. The van der Waals surface area contributed by atoms with Gasteiger partial charge in [-0.15, -0.1) is 0 Å². The molecule has 0 saturated carbocycles. The quantitative estimate of drug-likeness (QED) is 0.505. The number of hydrogen-bond acceptors (Lipinski definition) is 1. The van der Waals surface area contributed by atoms with E-state index in [1.54, 1.807) is 0 Å². The molecular formula is C11H24N2S. The van der Waals surface area contributed by atoms with Gasteiger partial charge in [-0.1, -0.05) is 27.2 Å². The molecule has 0 radical (unpaired) electrons. The molecule has 84 valence electrons. The van der Waals surface area contributed by atoms with E-state index in [-0.39, 0.29) is 0 Å². The number of nitrogens with one attached hydrogen (secondary N) is 2. The van der Waals surface area contributed by atoms with Crippen molar-refractivity contribution >= 4 is 17.3 Å². The van der Waals surface area contributed by atoms with Gasteiger partial charge in [0, 0.05) is 13.1 Å². The van der Waals surface area contributed by atoms with Gasteiger partial charge in [-0.2, -0.15) is 0 Å². The fourth-order valence-electron chi connectivity index (χ4n) is 1.15. The molecule has 3 heteroatoms. The Labute approximate surface area is 93.8 Å². The molecule has 0 aromatic heterocycles. The highest BCUT2D eigenvalue weighted by Gasteiger charge is 1.95. The Hall–Kier alpha value is -0.310. The molecule has 0 aromatic carbocycles. The van der Waals surface area contributed by atoms with E-state index in [2.05, 4.69) is 31.4 Å². The van der Waals surface area contributed by atoms with E-state index in [4.69, 9.17) is 12.2 Å². The average Bonchev–Trinajstić information content (AvgIpc) is 2.13. The molecule has 0 aromatic rings. The van der Waals surface area contributed by atoms with E-state index >= 15 is 0 Å². The fourth-order valence-corrected chi connectivity index (χ4v) is 1.36. The third kappa shape index (κ3) is 9.78. The number of unbranched alkanes of at least 4 members (excludes halogenated alkanes) is 1. The normalized spacial score (nSPS) is 10.3. The zero-order chi connectivity index (χ0) is 10.8. The van der Waals surface area contributed by atoms with Crippen molar-refractivity contribution in [2.24, 2.45) is 5.92 Å². The van der Waals surface area contributed by atoms with Crippen LogP contribution in [0.3, 0.4) is 0 Å². The van der Waals surface area contributed by atoms with Crippen molar-refractivity contribution in [3.8, 4) is 0 Å². The minimum absolute atomic E-state index is 0.790. The summed E-state index contributed by atoms with van der Waals surface area (Å²) in [5.74, 6) is 0.790. The van der Waals surface area contributed by atoms with Crippen LogP contribution in [0.1, 0.15) is 46.5 Å². The Morgan fingerprint density at radius 3 is 2.21 bits per heavy atom. The summed E-state index contributed by atoms with van der Waals surface area (Å²) in [5.41, 5.74) is 0. The zero-order valence-electron chi connectivity index (χ0n) is 9.73. The second-order valence-corrected chi connectivity index (χ2v) is 4.48. The van der Waals surface area contributed by atoms with Gasteiger partial charge in [-0.25, -0.2) is 0 Å². The Kier molecular flexibility index (Phi) is 9.05. The molecule has 2 N–H and O–H groups in total. The first-order chi connectivity index (χ1) is 6.66. The second-order valence-electron chi connectivity index (χ2n) is 4.07. The van der Waals surface area contributed by atoms with Crippen molar-refractivity contribution in [1.82, 2.24) is 10.6 Å². The Morgan fingerprint density at radius 2 is 1.71 bits per heavy atom. The van der Waals surface area contributed by atoms with Gasteiger partial charge in [0.1, 0.15) is 0 Å². The number of rotatable bonds is 7. The lowest BCUT2D eigenvalue weighted by Crippen LogP contribution is -2.36. The molecule has 2 nitrogen and oxygen atoms in total. The first kappa shape index (κ1) is 13.7. The summed E-state index contributed by atoms with van der Waals surface area (Å²) in [5, 5.41) is 7.22. The summed E-state index contributed by atoms with van der Waals surface area (Å²) in [6.45, 7) is 8.67. The summed E-state index contributed by atoms with van der Waals surface area (Å²) < 4.78 is 0. The van der Waals surface area contributed by atoms with Crippen LogP contribution in [-0.4, -0.2) is 18.2 Å². The van der Waals surface area contributed by atoms with Crippen molar-refractivity contribution in [2.45, 2.75) is 46.5 Å². The molecule has 0 aliphatic heterocycles. The van der Waals surface area contributed by atoms with Crippen LogP contribution in [0.5, 0.6) is 0 Å². The van der Waals surface area contributed by atoms with Crippen molar-refractivity contribution in [1.29, 1.82) is 0 Å². The molecule has 0 aliphatic rings. The van der Waals surface area contributed by atoms with Crippen LogP contribution in [0.2, 0.25) is 0 Å². The molecular weight excluding hydrogens is 192 g/mol. The van der Waals surface area contributed by atoms with Crippen LogP contribution >= 0.6 is 12.2 Å². The van der Waals surface area contributed by atoms with E-state index in [1.165, 1.54) is 25.7 Å². The highest BCUT2D eigenvalue weighted by atomic mass is 32.1. The summed E-state index contributed by atoms with van der Waals surface area (Å²) in [7, 11) is 0. The van der Waals surface area contributed by atoms with Crippen LogP contribution in [-0.2, 0) is 0 Å². The van der Waals surface area contributed by atoms with Crippen molar-refractivity contribution in [3.63, 3.8) is 0 Å². The van der Waals surface area contributed by atoms with Gasteiger partial charge in [0.2, 0.25) is 0 Å². The lowest BCUT2D eigenvalue weighted by molar-refractivity contribution is 0.550. The van der Waals surface area contributed by atoms with Gasteiger partial charge in [0.05, 0.1) is 0 Å². The van der Waals surface area contributed by atoms with Gasteiger partial charge in [0.15, 0.2) is 5.11 Å². The van der Waals surface area contributed by atoms with Gasteiger partial charge >= 0.3 is 0 Å². The molecule has 0 bridgehead atoms. The molecule has 0 saturated heterocycles. The highest BCUT2D eigenvalue weighted by Crippen LogP contribution is 2.01. The van der Waals surface area contributed by atoms with Crippen LogP contribution in [0, 0.1) is 5.92 Å².